The van der Waals surface area contributed by atoms with Gasteiger partial charge in [-0.2, -0.15) is 13.2 Å². The van der Waals surface area contributed by atoms with Crippen LogP contribution < -0.4 is 10.6 Å². The number of carbonyl (C=O) groups is 3. The predicted molar refractivity (Wildman–Crippen MR) is 67.4 cm³/mol. The molecule has 0 radical (unpaired) electrons. The minimum absolute atomic E-state index is 0.0211. The molecule has 0 atom stereocenters. The molecule has 0 aromatic rings. The lowest BCUT2D eigenvalue weighted by atomic mass is 10.2. The van der Waals surface area contributed by atoms with E-state index in [4.69, 9.17) is 5.11 Å². The Labute approximate surface area is 120 Å². The molecule has 0 saturated carbocycles. The maximum atomic E-state index is 11.8. The maximum absolute atomic E-state index is 11.8. The van der Waals surface area contributed by atoms with Gasteiger partial charge in [0.1, 0.15) is 0 Å². The fourth-order valence-electron chi connectivity index (χ4n) is 1.45. The summed E-state index contributed by atoms with van der Waals surface area (Å²) >= 11 is 0. The third kappa shape index (κ3) is 11.7. The SMILES string of the molecule is O=C(O)CCCCCNC(=O)CCCNC(=O)C(F)(F)F. The number of unbranched alkanes of at least 4 members (excludes halogenated alkanes) is 2. The quantitative estimate of drug-likeness (QED) is 0.528. The number of aliphatic carboxylic acids is 1. The van der Waals surface area contributed by atoms with Gasteiger partial charge in [-0.3, -0.25) is 14.4 Å². The van der Waals surface area contributed by atoms with Gasteiger partial charge in [0.15, 0.2) is 0 Å². The second-order valence-electron chi connectivity index (χ2n) is 4.41. The molecule has 0 aliphatic heterocycles. The van der Waals surface area contributed by atoms with Gasteiger partial charge in [0.05, 0.1) is 0 Å². The Hall–Kier alpha value is -1.80. The van der Waals surface area contributed by atoms with Crippen molar-refractivity contribution in [1.82, 2.24) is 10.6 Å². The number of carbonyl (C=O) groups excluding carboxylic acids is 2. The summed E-state index contributed by atoms with van der Waals surface area (Å²) in [5.74, 6) is -3.18. The smallest absolute Gasteiger partial charge is 0.471 e. The van der Waals surface area contributed by atoms with Gasteiger partial charge in [0.2, 0.25) is 5.91 Å². The van der Waals surface area contributed by atoms with Crippen molar-refractivity contribution in [2.75, 3.05) is 13.1 Å². The highest BCUT2D eigenvalue weighted by atomic mass is 19.4. The average molecular weight is 312 g/mol. The van der Waals surface area contributed by atoms with Crippen molar-refractivity contribution in [3.63, 3.8) is 0 Å². The molecule has 6 nitrogen and oxygen atoms in total. The number of amides is 2. The largest absolute Gasteiger partial charge is 0.481 e. The van der Waals surface area contributed by atoms with Gasteiger partial charge in [-0.15, -0.1) is 0 Å². The van der Waals surface area contributed by atoms with E-state index in [0.717, 1.165) is 0 Å². The van der Waals surface area contributed by atoms with E-state index < -0.39 is 18.1 Å². The topological polar surface area (TPSA) is 95.5 Å². The first-order valence-corrected chi connectivity index (χ1v) is 6.57. The van der Waals surface area contributed by atoms with Crippen LogP contribution in [0.4, 0.5) is 13.2 Å². The molecule has 9 heteroatoms. The van der Waals surface area contributed by atoms with Gasteiger partial charge >= 0.3 is 18.1 Å². The summed E-state index contributed by atoms with van der Waals surface area (Å²) in [6.45, 7) is 0.178. The first-order valence-electron chi connectivity index (χ1n) is 6.57. The Kier molecular flexibility index (Phi) is 9.15. The fourth-order valence-corrected chi connectivity index (χ4v) is 1.45. The molecule has 0 rings (SSSR count). The average Bonchev–Trinajstić information content (AvgIpc) is 2.37. The predicted octanol–water partition coefficient (Wildman–Crippen LogP) is 1.21. The van der Waals surface area contributed by atoms with Gasteiger partial charge in [-0.1, -0.05) is 6.42 Å². The summed E-state index contributed by atoms with van der Waals surface area (Å²) < 4.78 is 35.5. The highest BCUT2D eigenvalue weighted by Gasteiger charge is 2.38. The van der Waals surface area contributed by atoms with Crippen LogP contribution in [-0.2, 0) is 14.4 Å². The molecule has 0 unspecified atom stereocenters. The molecule has 0 aliphatic carbocycles. The molecule has 122 valence electrons. The van der Waals surface area contributed by atoms with Crippen molar-refractivity contribution in [2.24, 2.45) is 0 Å². The van der Waals surface area contributed by atoms with Crippen molar-refractivity contribution in [1.29, 1.82) is 0 Å². The molecular weight excluding hydrogens is 293 g/mol. The summed E-state index contributed by atoms with van der Waals surface area (Å²) in [5, 5.41) is 12.6. The number of halogens is 3. The van der Waals surface area contributed by atoms with Gasteiger partial charge in [0.25, 0.3) is 0 Å². The number of carboxylic acid groups (broad SMARTS) is 1. The number of hydrogen-bond acceptors (Lipinski definition) is 3. The van der Waals surface area contributed by atoms with Crippen LogP contribution in [0.1, 0.15) is 38.5 Å². The normalized spacial score (nSPS) is 11.0. The van der Waals surface area contributed by atoms with E-state index in [1.165, 1.54) is 0 Å². The Morgan fingerprint density at radius 1 is 0.857 bits per heavy atom. The molecule has 2 amide bonds. The molecule has 0 aliphatic rings. The fraction of sp³-hybridized carbons (Fsp3) is 0.750. The van der Waals surface area contributed by atoms with E-state index in [0.29, 0.717) is 25.8 Å². The minimum Gasteiger partial charge on any atom is -0.481 e. The number of nitrogens with one attached hydrogen (secondary N) is 2. The second-order valence-corrected chi connectivity index (χ2v) is 4.41. The molecule has 0 spiro atoms. The van der Waals surface area contributed by atoms with E-state index >= 15 is 0 Å². The van der Waals surface area contributed by atoms with Gasteiger partial charge < -0.3 is 15.7 Å². The first-order chi connectivity index (χ1) is 9.73. The zero-order valence-corrected chi connectivity index (χ0v) is 11.5. The van der Waals surface area contributed by atoms with Crippen molar-refractivity contribution in [3.05, 3.63) is 0 Å². The third-order valence-electron chi connectivity index (χ3n) is 2.51. The molecule has 0 saturated heterocycles. The van der Waals surface area contributed by atoms with Crippen LogP contribution in [0.3, 0.4) is 0 Å². The van der Waals surface area contributed by atoms with Crippen LogP contribution in [0.25, 0.3) is 0 Å². The summed E-state index contributed by atoms with van der Waals surface area (Å²) in [6.07, 6.45) is -2.82. The number of rotatable bonds is 10. The van der Waals surface area contributed by atoms with Gasteiger partial charge in [0, 0.05) is 25.9 Å². The van der Waals surface area contributed by atoms with Crippen LogP contribution in [0, 0.1) is 0 Å². The molecular formula is C12H19F3N2O4. The van der Waals surface area contributed by atoms with Gasteiger partial charge in [-0.05, 0) is 19.3 Å². The van der Waals surface area contributed by atoms with Crippen LogP contribution >= 0.6 is 0 Å². The lowest BCUT2D eigenvalue weighted by Gasteiger charge is -2.08. The first kappa shape index (κ1) is 19.2. The summed E-state index contributed by atoms with van der Waals surface area (Å²) in [6, 6.07) is 0. The lowest BCUT2D eigenvalue weighted by Crippen LogP contribution is -2.37. The summed E-state index contributed by atoms with van der Waals surface area (Å²) in [5.41, 5.74) is 0. The Bertz CT molecular complexity index is 359. The molecule has 21 heavy (non-hydrogen) atoms. The second kappa shape index (κ2) is 10.0. The summed E-state index contributed by atoms with van der Waals surface area (Å²) in [7, 11) is 0. The number of hydrogen-bond donors (Lipinski definition) is 3. The molecule has 0 fully saturated rings. The van der Waals surface area contributed by atoms with Crippen molar-refractivity contribution in [3.8, 4) is 0 Å². The zero-order chi connectivity index (χ0) is 16.3. The summed E-state index contributed by atoms with van der Waals surface area (Å²) in [4.78, 5) is 32.0. The third-order valence-corrected chi connectivity index (χ3v) is 2.51. The minimum atomic E-state index is -4.90. The van der Waals surface area contributed by atoms with Crippen LogP contribution in [-0.4, -0.2) is 42.2 Å². The Morgan fingerprint density at radius 3 is 2.05 bits per heavy atom. The number of carboxylic acids is 1. The zero-order valence-electron chi connectivity index (χ0n) is 11.5. The van der Waals surface area contributed by atoms with Gasteiger partial charge in [-0.25, -0.2) is 0 Å². The molecule has 0 aromatic carbocycles. The van der Waals surface area contributed by atoms with E-state index in [1.807, 2.05) is 0 Å². The lowest BCUT2D eigenvalue weighted by molar-refractivity contribution is -0.173. The molecule has 0 bridgehead atoms. The Balaban J connectivity index is 3.47. The molecule has 0 heterocycles. The molecule has 0 aromatic heterocycles. The monoisotopic (exact) mass is 312 g/mol. The highest BCUT2D eigenvalue weighted by molar-refractivity contribution is 5.81. The van der Waals surface area contributed by atoms with Crippen LogP contribution in [0.2, 0.25) is 0 Å². The van der Waals surface area contributed by atoms with Crippen LogP contribution in [0.5, 0.6) is 0 Å². The maximum Gasteiger partial charge on any atom is 0.471 e. The highest BCUT2D eigenvalue weighted by Crippen LogP contribution is 2.13. The van der Waals surface area contributed by atoms with Crippen LogP contribution in [0.15, 0.2) is 0 Å². The van der Waals surface area contributed by atoms with E-state index in [2.05, 4.69) is 5.32 Å². The Morgan fingerprint density at radius 2 is 1.48 bits per heavy atom. The molecule has 3 N–H and O–H groups in total. The van der Waals surface area contributed by atoms with E-state index in [9.17, 15) is 27.6 Å². The van der Waals surface area contributed by atoms with E-state index in [1.54, 1.807) is 5.32 Å². The standard InChI is InChI=1S/C12H19F3N2O4/c13-12(14,15)11(21)17-8-4-5-9(18)16-7-3-1-2-6-10(19)20/h1-8H2,(H,16,18)(H,17,21)(H,19,20). The van der Waals surface area contributed by atoms with Crippen molar-refractivity contribution < 1.29 is 32.7 Å². The van der Waals surface area contributed by atoms with E-state index in [-0.39, 0.29) is 31.7 Å². The van der Waals surface area contributed by atoms with Crippen molar-refractivity contribution >= 4 is 17.8 Å². The van der Waals surface area contributed by atoms with Crippen molar-refractivity contribution in [2.45, 2.75) is 44.7 Å². The number of alkyl halides is 3.